The average molecular weight is 210 g/mol. The van der Waals surface area contributed by atoms with Gasteiger partial charge in [-0.1, -0.05) is 6.07 Å². The number of fused-ring (bicyclic) bond motifs is 1. The number of halogens is 1. The third-order valence-corrected chi connectivity index (χ3v) is 3.02. The number of aliphatic hydroxyl groups excluding tert-OH is 1. The van der Waals surface area contributed by atoms with Crippen LogP contribution in [-0.4, -0.2) is 11.4 Å². The van der Waals surface area contributed by atoms with Gasteiger partial charge in [0, 0.05) is 10.1 Å². The van der Waals surface area contributed by atoms with Gasteiger partial charge in [-0.15, -0.1) is 11.3 Å². The van der Waals surface area contributed by atoms with Gasteiger partial charge in [0.1, 0.15) is 0 Å². The first-order chi connectivity index (χ1) is 6.76. The van der Waals surface area contributed by atoms with Crippen molar-refractivity contribution in [1.29, 1.82) is 0 Å². The maximum atomic E-state index is 13.2. The van der Waals surface area contributed by atoms with Crippen LogP contribution in [0.1, 0.15) is 15.9 Å². The fourth-order valence-electron chi connectivity index (χ4n) is 1.34. The number of aldehydes is 1. The van der Waals surface area contributed by atoms with Gasteiger partial charge < -0.3 is 5.11 Å². The number of carbonyl (C=O) groups is 1. The molecule has 2 nitrogen and oxygen atoms in total. The zero-order valence-corrected chi connectivity index (χ0v) is 7.97. The van der Waals surface area contributed by atoms with Crippen molar-refractivity contribution in [3.63, 3.8) is 0 Å². The molecule has 1 N–H and O–H groups in total. The summed E-state index contributed by atoms with van der Waals surface area (Å²) in [5, 5.41) is 9.00. The Morgan fingerprint density at radius 2 is 2.29 bits per heavy atom. The molecule has 0 radical (unpaired) electrons. The summed E-state index contributed by atoms with van der Waals surface area (Å²) in [6, 6.07) is 5.06. The van der Waals surface area contributed by atoms with E-state index in [2.05, 4.69) is 0 Å². The fraction of sp³-hybridized carbons (Fsp3) is 0.100. The lowest BCUT2D eigenvalue weighted by atomic mass is 10.1. The molecule has 0 unspecified atom stereocenters. The van der Waals surface area contributed by atoms with Gasteiger partial charge in [0.25, 0.3) is 0 Å². The van der Waals surface area contributed by atoms with E-state index in [0.717, 1.165) is 16.0 Å². The molecule has 72 valence electrons. The van der Waals surface area contributed by atoms with Gasteiger partial charge in [-0.2, -0.15) is 4.39 Å². The van der Waals surface area contributed by atoms with Crippen molar-refractivity contribution in [3.05, 3.63) is 34.5 Å². The first-order valence-electron chi connectivity index (χ1n) is 4.03. The molecule has 4 heteroatoms. The van der Waals surface area contributed by atoms with E-state index in [9.17, 15) is 9.18 Å². The predicted octanol–water partition coefficient (Wildman–Crippen LogP) is 2.35. The zero-order chi connectivity index (χ0) is 10.1. The average Bonchev–Trinajstić information content (AvgIpc) is 2.52. The highest BCUT2D eigenvalue weighted by Crippen LogP contribution is 2.29. The van der Waals surface area contributed by atoms with Crippen LogP contribution in [0.2, 0.25) is 0 Å². The minimum Gasteiger partial charge on any atom is -0.392 e. The lowest BCUT2D eigenvalue weighted by Crippen LogP contribution is -1.84. The van der Waals surface area contributed by atoms with Crippen LogP contribution in [0.3, 0.4) is 0 Å². The first kappa shape index (κ1) is 9.30. The number of hydrogen-bond donors (Lipinski definition) is 1. The monoisotopic (exact) mass is 210 g/mol. The second kappa shape index (κ2) is 3.48. The molecule has 0 aliphatic heterocycles. The van der Waals surface area contributed by atoms with E-state index in [0.29, 0.717) is 17.2 Å². The van der Waals surface area contributed by atoms with Gasteiger partial charge in [0.05, 0.1) is 12.2 Å². The number of carbonyl (C=O) groups excluding carboxylic acids is 1. The molecule has 2 rings (SSSR count). The lowest BCUT2D eigenvalue weighted by molar-refractivity contribution is 0.112. The molecule has 1 aromatic heterocycles. The Morgan fingerprint density at radius 1 is 1.50 bits per heavy atom. The summed E-state index contributed by atoms with van der Waals surface area (Å²) in [7, 11) is 0. The molecule has 0 atom stereocenters. The summed E-state index contributed by atoms with van der Waals surface area (Å²) in [4.78, 5) is 10.6. The smallest absolute Gasteiger partial charge is 0.188 e. The molecule has 14 heavy (non-hydrogen) atoms. The van der Waals surface area contributed by atoms with Gasteiger partial charge in [-0.25, -0.2) is 0 Å². The van der Waals surface area contributed by atoms with Crippen LogP contribution in [-0.2, 0) is 6.61 Å². The van der Waals surface area contributed by atoms with Gasteiger partial charge in [-0.05, 0) is 17.7 Å². The Hall–Kier alpha value is -1.26. The van der Waals surface area contributed by atoms with E-state index in [1.807, 2.05) is 0 Å². The largest absolute Gasteiger partial charge is 0.392 e. The molecule has 1 aromatic carbocycles. The molecule has 0 aliphatic carbocycles. The van der Waals surface area contributed by atoms with Gasteiger partial charge >= 0.3 is 0 Å². The summed E-state index contributed by atoms with van der Waals surface area (Å²) < 4.78 is 13.9. The maximum Gasteiger partial charge on any atom is 0.188 e. The van der Waals surface area contributed by atoms with Crippen LogP contribution >= 0.6 is 11.3 Å². The van der Waals surface area contributed by atoms with Crippen molar-refractivity contribution in [2.45, 2.75) is 6.61 Å². The van der Waals surface area contributed by atoms with Crippen LogP contribution in [0, 0.1) is 5.13 Å². The van der Waals surface area contributed by atoms with Crippen LogP contribution in [0.15, 0.2) is 18.2 Å². The number of rotatable bonds is 2. The Bertz CT molecular complexity index is 490. The number of benzene rings is 1. The Labute approximate surface area is 83.6 Å². The number of hydrogen-bond acceptors (Lipinski definition) is 3. The van der Waals surface area contributed by atoms with Crippen LogP contribution in [0.4, 0.5) is 4.39 Å². The van der Waals surface area contributed by atoms with Gasteiger partial charge in [0.15, 0.2) is 11.4 Å². The fourth-order valence-corrected chi connectivity index (χ4v) is 2.22. The first-order valence-corrected chi connectivity index (χ1v) is 4.85. The van der Waals surface area contributed by atoms with Crippen molar-refractivity contribution in [2.24, 2.45) is 0 Å². The number of aliphatic hydroxyl groups is 1. The quantitative estimate of drug-likeness (QED) is 0.772. The Balaban J connectivity index is 2.77. The molecular weight excluding hydrogens is 203 g/mol. The second-order valence-electron chi connectivity index (χ2n) is 2.90. The van der Waals surface area contributed by atoms with E-state index in [1.165, 1.54) is 0 Å². The van der Waals surface area contributed by atoms with Gasteiger partial charge in [0.2, 0.25) is 0 Å². The van der Waals surface area contributed by atoms with E-state index < -0.39 is 5.13 Å². The normalized spacial score (nSPS) is 10.7. The predicted molar refractivity (Wildman–Crippen MR) is 53.1 cm³/mol. The molecular formula is C10H7FO2S. The maximum absolute atomic E-state index is 13.2. The van der Waals surface area contributed by atoms with Crippen molar-refractivity contribution in [2.75, 3.05) is 0 Å². The summed E-state index contributed by atoms with van der Waals surface area (Å²) in [6.07, 6.45) is 0.509. The molecule has 0 bridgehead atoms. The van der Waals surface area contributed by atoms with Crippen molar-refractivity contribution in [3.8, 4) is 0 Å². The SMILES string of the molecule is O=Cc1c(F)sc2ccc(CO)cc12. The van der Waals surface area contributed by atoms with Gasteiger partial charge in [-0.3, -0.25) is 4.79 Å². The number of thiophene rings is 1. The van der Waals surface area contributed by atoms with Crippen LogP contribution < -0.4 is 0 Å². The molecule has 0 saturated carbocycles. The van der Waals surface area contributed by atoms with Crippen LogP contribution in [0.25, 0.3) is 10.1 Å². The molecule has 2 aromatic rings. The second-order valence-corrected chi connectivity index (χ2v) is 3.90. The molecule has 0 saturated heterocycles. The molecule has 0 aliphatic rings. The molecule has 1 heterocycles. The van der Waals surface area contributed by atoms with Crippen molar-refractivity contribution in [1.82, 2.24) is 0 Å². The highest BCUT2D eigenvalue weighted by Gasteiger charge is 2.11. The highest BCUT2D eigenvalue weighted by molar-refractivity contribution is 7.17. The highest BCUT2D eigenvalue weighted by atomic mass is 32.1. The Morgan fingerprint density at radius 3 is 2.93 bits per heavy atom. The minimum absolute atomic E-state index is 0.0836. The van der Waals surface area contributed by atoms with E-state index in [4.69, 9.17) is 5.11 Å². The van der Waals surface area contributed by atoms with Crippen LogP contribution in [0.5, 0.6) is 0 Å². The van der Waals surface area contributed by atoms with Crippen molar-refractivity contribution < 1.29 is 14.3 Å². The third kappa shape index (κ3) is 1.32. The topological polar surface area (TPSA) is 37.3 Å². The minimum atomic E-state index is -0.468. The summed E-state index contributed by atoms with van der Waals surface area (Å²) >= 11 is 0.943. The Kier molecular flexibility index (Phi) is 2.31. The lowest BCUT2D eigenvalue weighted by Gasteiger charge is -1.95. The standard InChI is InChI=1S/C10H7FO2S/c11-10-8(5-13)7-3-6(4-12)1-2-9(7)14-10/h1-3,5,12H,4H2. The summed E-state index contributed by atoms with van der Waals surface area (Å²) in [5.41, 5.74) is 0.763. The van der Waals surface area contributed by atoms with Crippen molar-refractivity contribution >= 4 is 27.7 Å². The summed E-state index contributed by atoms with van der Waals surface area (Å²) in [6.45, 7) is -0.105. The zero-order valence-electron chi connectivity index (χ0n) is 7.16. The molecule has 0 spiro atoms. The summed E-state index contributed by atoms with van der Waals surface area (Å²) in [5.74, 6) is 0. The van der Waals surface area contributed by atoms with E-state index in [-0.39, 0.29) is 12.2 Å². The van der Waals surface area contributed by atoms with E-state index in [1.54, 1.807) is 18.2 Å². The molecule has 0 fully saturated rings. The third-order valence-electron chi connectivity index (χ3n) is 2.05. The molecule has 0 amide bonds. The van der Waals surface area contributed by atoms with E-state index >= 15 is 0 Å².